The number of carboxylic acid groups (broad SMARTS) is 1. The summed E-state index contributed by atoms with van der Waals surface area (Å²) in [5, 5.41) is 9.82. The van der Waals surface area contributed by atoms with Crippen molar-refractivity contribution in [1.29, 1.82) is 0 Å². The maximum atomic E-state index is 11.0. The van der Waals surface area contributed by atoms with Crippen LogP contribution in [0.15, 0.2) is 9.64 Å². The fourth-order valence-corrected chi connectivity index (χ4v) is 3.22. The summed E-state index contributed by atoms with van der Waals surface area (Å²) >= 11 is 1.48. The third kappa shape index (κ3) is 2.47. The quantitative estimate of drug-likeness (QED) is 0.855. The number of hydrogen-bond acceptors (Lipinski definition) is 5. The molecule has 1 heterocycles. The lowest BCUT2D eigenvalue weighted by Crippen LogP contribution is -2.45. The largest absolute Gasteiger partial charge is 0.480 e. The Balaban J connectivity index is 2.01. The molecule has 5 nitrogen and oxygen atoms in total. The van der Waals surface area contributed by atoms with Gasteiger partial charge in [0.25, 0.3) is 5.22 Å². The SMILES string of the molecule is Cc1nc(SC2CCC(N)(C(=O)O)C2)oc1C. The minimum atomic E-state index is -1.08. The molecule has 0 amide bonds. The molecular weight excluding hydrogens is 240 g/mol. The van der Waals surface area contributed by atoms with Crippen molar-refractivity contribution in [3.05, 3.63) is 11.5 Å². The maximum Gasteiger partial charge on any atom is 0.323 e. The van der Waals surface area contributed by atoms with E-state index in [1.165, 1.54) is 11.8 Å². The summed E-state index contributed by atoms with van der Waals surface area (Å²) in [7, 11) is 0. The molecule has 0 radical (unpaired) electrons. The Morgan fingerprint density at radius 1 is 1.65 bits per heavy atom. The first-order chi connectivity index (χ1) is 7.90. The van der Waals surface area contributed by atoms with Gasteiger partial charge in [0, 0.05) is 5.25 Å². The highest BCUT2D eigenvalue weighted by atomic mass is 32.2. The Morgan fingerprint density at radius 3 is 2.82 bits per heavy atom. The van der Waals surface area contributed by atoms with Crippen LogP contribution in [0.4, 0.5) is 0 Å². The molecule has 1 aliphatic carbocycles. The van der Waals surface area contributed by atoms with Crippen molar-refractivity contribution in [3.63, 3.8) is 0 Å². The summed E-state index contributed by atoms with van der Waals surface area (Å²) in [4.78, 5) is 15.3. The Labute approximate surface area is 104 Å². The number of carbonyl (C=O) groups is 1. The third-order valence-electron chi connectivity index (χ3n) is 3.21. The molecule has 1 saturated carbocycles. The predicted octanol–water partition coefficient (Wildman–Crippen LogP) is 1.72. The Hall–Kier alpha value is -1.01. The molecule has 6 heteroatoms. The van der Waals surface area contributed by atoms with Crippen molar-refractivity contribution < 1.29 is 14.3 Å². The number of hydrogen-bond donors (Lipinski definition) is 2. The number of oxazole rings is 1. The second kappa shape index (κ2) is 4.34. The first kappa shape index (κ1) is 12.4. The van der Waals surface area contributed by atoms with Crippen LogP contribution in [0.25, 0.3) is 0 Å². The van der Waals surface area contributed by atoms with Gasteiger partial charge in [-0.3, -0.25) is 4.79 Å². The van der Waals surface area contributed by atoms with Gasteiger partial charge in [0.05, 0.1) is 5.69 Å². The lowest BCUT2D eigenvalue weighted by molar-refractivity contribution is -0.143. The van der Waals surface area contributed by atoms with Crippen molar-refractivity contribution >= 4 is 17.7 Å². The zero-order valence-electron chi connectivity index (χ0n) is 9.90. The summed E-state index contributed by atoms with van der Waals surface area (Å²) in [6, 6.07) is 0. The topological polar surface area (TPSA) is 89.3 Å². The van der Waals surface area contributed by atoms with Gasteiger partial charge in [-0.25, -0.2) is 4.98 Å². The third-order valence-corrected chi connectivity index (χ3v) is 4.32. The normalized spacial score (nSPS) is 28.5. The molecule has 0 aromatic carbocycles. The summed E-state index contributed by atoms with van der Waals surface area (Å²) in [6.45, 7) is 3.76. The number of aryl methyl sites for hydroxylation is 2. The van der Waals surface area contributed by atoms with Crippen LogP contribution in [0.5, 0.6) is 0 Å². The average Bonchev–Trinajstić information content (AvgIpc) is 2.74. The van der Waals surface area contributed by atoms with Crippen LogP contribution in [0.3, 0.4) is 0 Å². The predicted molar refractivity (Wildman–Crippen MR) is 64.0 cm³/mol. The van der Waals surface area contributed by atoms with Gasteiger partial charge >= 0.3 is 5.97 Å². The highest BCUT2D eigenvalue weighted by molar-refractivity contribution is 7.99. The van der Waals surface area contributed by atoms with Crippen LogP contribution in [-0.4, -0.2) is 26.8 Å². The van der Waals surface area contributed by atoms with E-state index in [-0.39, 0.29) is 5.25 Å². The summed E-state index contributed by atoms with van der Waals surface area (Å²) in [5.74, 6) is -0.108. The van der Waals surface area contributed by atoms with E-state index in [2.05, 4.69) is 4.98 Å². The molecule has 0 spiro atoms. The number of thioether (sulfide) groups is 1. The smallest absolute Gasteiger partial charge is 0.323 e. The number of rotatable bonds is 3. The van der Waals surface area contributed by atoms with E-state index in [0.29, 0.717) is 18.1 Å². The molecule has 1 aromatic heterocycles. The lowest BCUT2D eigenvalue weighted by atomic mass is 10.0. The van der Waals surface area contributed by atoms with Gasteiger partial charge in [0.15, 0.2) is 0 Å². The first-order valence-electron chi connectivity index (χ1n) is 5.54. The number of aromatic nitrogens is 1. The number of nitrogens with zero attached hydrogens (tertiary/aromatic N) is 1. The second-order valence-corrected chi connectivity index (χ2v) is 5.82. The van der Waals surface area contributed by atoms with Gasteiger partial charge < -0.3 is 15.3 Å². The van der Waals surface area contributed by atoms with E-state index in [4.69, 9.17) is 15.3 Å². The molecule has 0 aliphatic heterocycles. The second-order valence-electron chi connectivity index (χ2n) is 4.57. The van der Waals surface area contributed by atoms with Gasteiger partial charge in [-0.05, 0) is 33.1 Å². The van der Waals surface area contributed by atoms with Crippen LogP contribution in [0.1, 0.15) is 30.7 Å². The van der Waals surface area contributed by atoms with Crippen molar-refractivity contribution in [2.24, 2.45) is 5.73 Å². The number of aliphatic carboxylic acids is 1. The monoisotopic (exact) mass is 256 g/mol. The molecule has 2 rings (SSSR count). The van der Waals surface area contributed by atoms with E-state index in [0.717, 1.165) is 17.9 Å². The van der Waals surface area contributed by atoms with Crippen LogP contribution in [-0.2, 0) is 4.79 Å². The van der Waals surface area contributed by atoms with Crippen molar-refractivity contribution in [1.82, 2.24) is 4.98 Å². The summed E-state index contributed by atoms with van der Waals surface area (Å²) in [5.41, 5.74) is 5.62. The van der Waals surface area contributed by atoms with E-state index < -0.39 is 11.5 Å². The van der Waals surface area contributed by atoms with E-state index >= 15 is 0 Å². The molecule has 94 valence electrons. The van der Waals surface area contributed by atoms with Gasteiger partial charge in [-0.1, -0.05) is 11.8 Å². The fraction of sp³-hybridized carbons (Fsp3) is 0.636. The zero-order valence-corrected chi connectivity index (χ0v) is 10.7. The van der Waals surface area contributed by atoms with E-state index in [1.54, 1.807) is 0 Å². The molecule has 1 fully saturated rings. The van der Waals surface area contributed by atoms with E-state index in [1.807, 2.05) is 13.8 Å². The number of carboxylic acids is 1. The minimum absolute atomic E-state index is 0.175. The Morgan fingerprint density at radius 2 is 2.35 bits per heavy atom. The van der Waals surface area contributed by atoms with Crippen molar-refractivity contribution in [3.8, 4) is 0 Å². The lowest BCUT2D eigenvalue weighted by Gasteiger charge is -2.17. The van der Waals surface area contributed by atoms with Crippen LogP contribution in [0, 0.1) is 13.8 Å². The molecule has 17 heavy (non-hydrogen) atoms. The zero-order chi connectivity index (χ0) is 12.6. The minimum Gasteiger partial charge on any atom is -0.480 e. The van der Waals surface area contributed by atoms with Crippen molar-refractivity contribution in [2.75, 3.05) is 0 Å². The molecule has 1 aromatic rings. The first-order valence-corrected chi connectivity index (χ1v) is 6.41. The standard InChI is InChI=1S/C11H16N2O3S/c1-6-7(2)16-10(13-6)17-8-3-4-11(12,5-8)9(14)15/h8H,3-5,12H2,1-2H3,(H,14,15). The van der Waals surface area contributed by atoms with Crippen LogP contribution < -0.4 is 5.73 Å². The van der Waals surface area contributed by atoms with Crippen molar-refractivity contribution in [2.45, 2.75) is 49.1 Å². The highest BCUT2D eigenvalue weighted by Gasteiger charge is 2.42. The maximum absolute atomic E-state index is 11.0. The van der Waals surface area contributed by atoms with Crippen LogP contribution in [0.2, 0.25) is 0 Å². The molecule has 1 aliphatic rings. The van der Waals surface area contributed by atoms with Crippen LogP contribution >= 0.6 is 11.8 Å². The fourth-order valence-electron chi connectivity index (χ4n) is 1.96. The molecule has 3 N–H and O–H groups in total. The highest BCUT2D eigenvalue weighted by Crippen LogP contribution is 2.39. The Bertz CT molecular complexity index is 426. The molecule has 0 bridgehead atoms. The molecule has 2 unspecified atom stereocenters. The number of nitrogens with two attached hydrogens (primary N) is 1. The summed E-state index contributed by atoms with van der Waals surface area (Å²) < 4.78 is 5.47. The molecule has 2 atom stereocenters. The average molecular weight is 256 g/mol. The Kier molecular flexibility index (Phi) is 3.18. The van der Waals surface area contributed by atoms with Gasteiger partial charge in [0.2, 0.25) is 0 Å². The van der Waals surface area contributed by atoms with Gasteiger partial charge in [0.1, 0.15) is 11.3 Å². The molecule has 0 saturated heterocycles. The van der Waals surface area contributed by atoms with E-state index in [9.17, 15) is 4.79 Å². The summed E-state index contributed by atoms with van der Waals surface area (Å²) in [6.07, 6.45) is 1.76. The van der Waals surface area contributed by atoms with Gasteiger partial charge in [-0.15, -0.1) is 0 Å². The van der Waals surface area contributed by atoms with Gasteiger partial charge in [-0.2, -0.15) is 0 Å². The molecular formula is C11H16N2O3S.